The summed E-state index contributed by atoms with van der Waals surface area (Å²) in [7, 11) is 0. The van der Waals surface area contributed by atoms with Gasteiger partial charge in [-0.1, -0.05) is 84.9 Å². The summed E-state index contributed by atoms with van der Waals surface area (Å²) in [6.07, 6.45) is 4.14. The number of rotatable bonds is 5. The highest BCUT2D eigenvalue weighted by Gasteiger charge is 2.35. The van der Waals surface area contributed by atoms with Crippen molar-refractivity contribution in [1.29, 1.82) is 0 Å². The lowest BCUT2D eigenvalue weighted by Crippen LogP contribution is -2.28. The van der Waals surface area contributed by atoms with Crippen LogP contribution in [0.25, 0.3) is 17.0 Å². The van der Waals surface area contributed by atoms with Gasteiger partial charge in [0.05, 0.1) is 16.3 Å². The van der Waals surface area contributed by atoms with Crippen molar-refractivity contribution < 1.29 is 4.79 Å². The molecule has 5 aromatic rings. The summed E-state index contributed by atoms with van der Waals surface area (Å²) in [5.41, 5.74) is 5.01. The fourth-order valence-electron chi connectivity index (χ4n) is 4.41. The molecule has 0 radical (unpaired) electrons. The SMILES string of the molecule is O=C1/C(=C/c2cn(Cc3ccccc3)c3ccccc23)SC(=Nc2ccccc2)N1c1ccccc1. The van der Waals surface area contributed by atoms with Crippen molar-refractivity contribution in [3.05, 3.63) is 137 Å². The Kier molecular flexibility index (Phi) is 5.98. The van der Waals surface area contributed by atoms with E-state index in [1.165, 1.54) is 17.3 Å². The quantitative estimate of drug-likeness (QED) is 0.242. The number of hydrogen-bond donors (Lipinski definition) is 0. The van der Waals surface area contributed by atoms with Crippen LogP contribution < -0.4 is 4.90 Å². The number of fused-ring (bicyclic) bond motifs is 1. The van der Waals surface area contributed by atoms with E-state index in [9.17, 15) is 4.79 Å². The van der Waals surface area contributed by atoms with Crippen molar-refractivity contribution in [3.63, 3.8) is 0 Å². The molecule has 1 aromatic heterocycles. The minimum atomic E-state index is -0.0687. The normalized spacial score (nSPS) is 15.9. The first-order valence-electron chi connectivity index (χ1n) is 11.8. The molecule has 4 nitrogen and oxygen atoms in total. The Morgan fingerprint density at radius 3 is 2.14 bits per heavy atom. The Labute approximate surface area is 214 Å². The van der Waals surface area contributed by atoms with Gasteiger partial charge in [-0.05, 0) is 53.7 Å². The van der Waals surface area contributed by atoms with Crippen molar-refractivity contribution in [2.24, 2.45) is 4.99 Å². The molecule has 0 aliphatic carbocycles. The predicted octanol–water partition coefficient (Wildman–Crippen LogP) is 7.50. The molecule has 0 bridgehead atoms. The topological polar surface area (TPSA) is 37.6 Å². The van der Waals surface area contributed by atoms with Gasteiger partial charge < -0.3 is 4.57 Å². The number of carbonyl (C=O) groups excluding carboxylic acids is 1. The lowest BCUT2D eigenvalue weighted by molar-refractivity contribution is -0.113. The van der Waals surface area contributed by atoms with E-state index >= 15 is 0 Å². The van der Waals surface area contributed by atoms with Crippen LogP contribution in [0.2, 0.25) is 0 Å². The van der Waals surface area contributed by atoms with Gasteiger partial charge in [-0.3, -0.25) is 9.69 Å². The first-order valence-corrected chi connectivity index (χ1v) is 12.6. The Hall–Kier alpha value is -4.35. The summed E-state index contributed by atoms with van der Waals surface area (Å²) in [5.74, 6) is -0.0687. The highest BCUT2D eigenvalue weighted by atomic mass is 32.2. The molecule has 5 heteroatoms. The zero-order valence-electron chi connectivity index (χ0n) is 19.5. The van der Waals surface area contributed by atoms with Gasteiger partial charge in [0.1, 0.15) is 0 Å². The fourth-order valence-corrected chi connectivity index (χ4v) is 5.40. The summed E-state index contributed by atoms with van der Waals surface area (Å²) in [6, 6.07) is 38.2. The Morgan fingerprint density at radius 1 is 0.750 bits per heavy atom. The minimum absolute atomic E-state index is 0.0687. The Morgan fingerprint density at radius 2 is 1.39 bits per heavy atom. The molecule has 0 unspecified atom stereocenters. The molecule has 2 heterocycles. The Bertz CT molecular complexity index is 1590. The molecule has 1 aliphatic rings. The second kappa shape index (κ2) is 9.72. The highest BCUT2D eigenvalue weighted by Crippen LogP contribution is 2.38. The number of aromatic nitrogens is 1. The number of nitrogens with zero attached hydrogens (tertiary/aromatic N) is 3. The van der Waals surface area contributed by atoms with Crippen LogP contribution in [-0.2, 0) is 11.3 Å². The van der Waals surface area contributed by atoms with Crippen LogP contribution in [0.5, 0.6) is 0 Å². The van der Waals surface area contributed by atoms with Crippen LogP contribution in [0.4, 0.5) is 11.4 Å². The molecule has 174 valence electrons. The van der Waals surface area contributed by atoms with Crippen LogP contribution >= 0.6 is 11.8 Å². The molecule has 0 N–H and O–H groups in total. The van der Waals surface area contributed by atoms with E-state index in [0.717, 1.165) is 34.4 Å². The molecule has 6 rings (SSSR count). The number of thioether (sulfide) groups is 1. The largest absolute Gasteiger partial charge is 0.342 e. The van der Waals surface area contributed by atoms with E-state index in [2.05, 4.69) is 53.2 Å². The van der Waals surface area contributed by atoms with Crippen molar-refractivity contribution in [2.75, 3.05) is 4.90 Å². The van der Waals surface area contributed by atoms with Gasteiger partial charge in [0, 0.05) is 29.2 Å². The zero-order valence-corrected chi connectivity index (χ0v) is 20.3. The van der Waals surface area contributed by atoms with E-state index in [4.69, 9.17) is 4.99 Å². The summed E-state index contributed by atoms with van der Waals surface area (Å²) in [6.45, 7) is 0.766. The first-order chi connectivity index (χ1) is 17.8. The molecule has 1 saturated heterocycles. The second-order valence-electron chi connectivity index (χ2n) is 8.53. The second-order valence-corrected chi connectivity index (χ2v) is 9.54. The molecular weight excluding hydrogens is 462 g/mol. The maximum atomic E-state index is 13.7. The predicted molar refractivity (Wildman–Crippen MR) is 151 cm³/mol. The molecule has 1 fully saturated rings. The van der Waals surface area contributed by atoms with Crippen LogP contribution in [-0.4, -0.2) is 15.6 Å². The number of para-hydroxylation sites is 3. The van der Waals surface area contributed by atoms with E-state index in [-0.39, 0.29) is 5.91 Å². The number of anilines is 1. The molecule has 1 aliphatic heterocycles. The zero-order chi connectivity index (χ0) is 24.3. The molecule has 4 aromatic carbocycles. The van der Waals surface area contributed by atoms with Crippen molar-refractivity contribution in [1.82, 2.24) is 4.57 Å². The molecule has 0 spiro atoms. The third-order valence-corrected chi connectivity index (χ3v) is 7.07. The lowest BCUT2D eigenvalue weighted by Gasteiger charge is -2.15. The van der Waals surface area contributed by atoms with Gasteiger partial charge in [0.2, 0.25) is 0 Å². The van der Waals surface area contributed by atoms with E-state index in [0.29, 0.717) is 10.1 Å². The number of hydrogen-bond acceptors (Lipinski definition) is 3. The number of amides is 1. The van der Waals surface area contributed by atoms with Crippen LogP contribution in [0.1, 0.15) is 11.1 Å². The molecule has 1 amide bonds. The van der Waals surface area contributed by atoms with Crippen molar-refractivity contribution in [2.45, 2.75) is 6.54 Å². The lowest BCUT2D eigenvalue weighted by atomic mass is 10.1. The summed E-state index contributed by atoms with van der Waals surface area (Å²) in [4.78, 5) is 20.9. The number of benzene rings is 4. The van der Waals surface area contributed by atoms with Crippen LogP contribution in [0.15, 0.2) is 131 Å². The third-order valence-electron chi connectivity index (χ3n) is 6.10. The van der Waals surface area contributed by atoms with E-state index in [1.807, 2.05) is 78.9 Å². The van der Waals surface area contributed by atoms with Crippen LogP contribution in [0, 0.1) is 0 Å². The molecule has 0 saturated carbocycles. The molecule has 0 atom stereocenters. The highest BCUT2D eigenvalue weighted by molar-refractivity contribution is 8.19. The average Bonchev–Trinajstić information content (AvgIpc) is 3.42. The van der Waals surface area contributed by atoms with Crippen molar-refractivity contribution in [3.8, 4) is 0 Å². The monoisotopic (exact) mass is 485 g/mol. The maximum absolute atomic E-state index is 13.7. The first kappa shape index (κ1) is 22.1. The van der Waals surface area contributed by atoms with Gasteiger partial charge >= 0.3 is 0 Å². The Balaban J connectivity index is 1.42. The number of carbonyl (C=O) groups is 1. The fraction of sp³-hybridized carbons (Fsp3) is 0.0323. The minimum Gasteiger partial charge on any atom is -0.342 e. The van der Waals surface area contributed by atoms with Gasteiger partial charge in [-0.2, -0.15) is 0 Å². The van der Waals surface area contributed by atoms with Crippen molar-refractivity contribution >= 4 is 51.2 Å². The molecule has 36 heavy (non-hydrogen) atoms. The summed E-state index contributed by atoms with van der Waals surface area (Å²) >= 11 is 1.41. The summed E-state index contributed by atoms with van der Waals surface area (Å²) < 4.78 is 2.25. The van der Waals surface area contributed by atoms with E-state index < -0.39 is 0 Å². The van der Waals surface area contributed by atoms with Gasteiger partial charge in [-0.15, -0.1) is 0 Å². The average molecular weight is 486 g/mol. The molecular formula is C31H23N3OS. The van der Waals surface area contributed by atoms with Gasteiger partial charge in [0.25, 0.3) is 5.91 Å². The smallest absolute Gasteiger partial charge is 0.271 e. The standard InChI is InChI=1S/C31H23N3OS/c35-30-29(36-31(32-25-14-6-2-7-15-25)34(30)26-16-8-3-9-17-26)20-24-22-33(21-23-12-4-1-5-13-23)28-19-11-10-18-27(24)28/h1-20,22H,21H2/b29-20-,32-31?. The van der Waals surface area contributed by atoms with Gasteiger partial charge in [0.15, 0.2) is 5.17 Å². The van der Waals surface area contributed by atoms with Crippen LogP contribution in [0.3, 0.4) is 0 Å². The third kappa shape index (κ3) is 4.37. The number of amidine groups is 1. The van der Waals surface area contributed by atoms with Gasteiger partial charge in [-0.25, -0.2) is 4.99 Å². The maximum Gasteiger partial charge on any atom is 0.271 e. The van der Waals surface area contributed by atoms with E-state index in [1.54, 1.807) is 4.90 Å². The summed E-state index contributed by atoms with van der Waals surface area (Å²) in [5, 5.41) is 1.77. The number of aliphatic imine (C=N–C) groups is 1.